The molecule has 0 N–H and O–H groups in total. The van der Waals surface area contributed by atoms with E-state index in [1.807, 2.05) is 12.4 Å². The number of nitrogens with zero attached hydrogens (tertiary/aromatic N) is 8. The molecule has 0 aliphatic carbocycles. The molecule has 8 heteroatoms. The lowest BCUT2D eigenvalue weighted by Crippen LogP contribution is -2.62. The molecule has 3 aliphatic heterocycles. The summed E-state index contributed by atoms with van der Waals surface area (Å²) in [7, 11) is 0. The maximum absolute atomic E-state index is 5.65. The topological polar surface area (TPSA) is 64.5 Å². The summed E-state index contributed by atoms with van der Waals surface area (Å²) in [5.74, 6) is 3.77. The quantitative estimate of drug-likeness (QED) is 0.148. The van der Waals surface area contributed by atoms with Crippen LogP contribution in [0.25, 0.3) is 16.6 Å². The van der Waals surface area contributed by atoms with Gasteiger partial charge >= 0.3 is 0 Å². The largest absolute Gasteiger partial charge is 0.326 e. The average molecular weight is 795 g/mol. The summed E-state index contributed by atoms with van der Waals surface area (Å²) in [4.78, 5) is 31.6. The number of anilines is 7. The molecule has 0 saturated heterocycles. The first-order valence-corrected chi connectivity index (χ1v) is 21.8. The van der Waals surface area contributed by atoms with Gasteiger partial charge in [-0.15, -0.1) is 6.58 Å². The first kappa shape index (κ1) is 39.4. The molecular weight excluding hydrogens is 737 g/mol. The molecule has 3 aliphatic rings. The predicted octanol–water partition coefficient (Wildman–Crippen LogP) is 12.6. The van der Waals surface area contributed by atoms with Gasteiger partial charge in [-0.3, -0.25) is 14.7 Å². The van der Waals surface area contributed by atoms with Crippen molar-refractivity contribution < 1.29 is 0 Å². The normalized spacial score (nSPS) is 19.6. The molecule has 0 spiro atoms. The fraction of sp³-hybridized carbons (Fsp3) is 0.346. The van der Waals surface area contributed by atoms with E-state index in [1.165, 1.54) is 11.1 Å². The summed E-state index contributed by atoms with van der Waals surface area (Å²) >= 11 is 0. The second-order valence-electron chi connectivity index (χ2n) is 18.2. The van der Waals surface area contributed by atoms with Gasteiger partial charge < -0.3 is 4.90 Å². The van der Waals surface area contributed by atoms with E-state index < -0.39 is 6.17 Å². The molecule has 0 fully saturated rings. The van der Waals surface area contributed by atoms with Crippen LogP contribution < -0.4 is 19.6 Å². The molecule has 306 valence electrons. The number of para-hydroxylation sites is 4. The van der Waals surface area contributed by atoms with E-state index >= 15 is 0 Å². The van der Waals surface area contributed by atoms with Gasteiger partial charge in [0.1, 0.15) is 6.17 Å². The Kier molecular flexibility index (Phi) is 9.80. The molecule has 5 unspecified atom stereocenters. The zero-order valence-electron chi connectivity index (χ0n) is 36.5. The van der Waals surface area contributed by atoms with Crippen LogP contribution in [0.1, 0.15) is 91.3 Å². The van der Waals surface area contributed by atoms with Crippen molar-refractivity contribution in [3.8, 4) is 0 Å². The number of fused-ring (bicyclic) bond motifs is 12. The van der Waals surface area contributed by atoms with Crippen LogP contribution in [0, 0.1) is 11.8 Å². The summed E-state index contributed by atoms with van der Waals surface area (Å²) < 4.78 is 0. The van der Waals surface area contributed by atoms with Crippen LogP contribution in [0.3, 0.4) is 0 Å². The van der Waals surface area contributed by atoms with Crippen molar-refractivity contribution in [2.24, 2.45) is 11.8 Å². The van der Waals surface area contributed by atoms with Crippen molar-refractivity contribution >= 4 is 56.9 Å². The average Bonchev–Trinajstić information content (AvgIpc) is 3.78. The van der Waals surface area contributed by atoms with Gasteiger partial charge in [0.15, 0.2) is 29.4 Å². The summed E-state index contributed by atoms with van der Waals surface area (Å²) in [6, 6.07) is 35.0. The van der Waals surface area contributed by atoms with Crippen molar-refractivity contribution in [2.75, 3.05) is 19.6 Å². The minimum Gasteiger partial charge on any atom is -0.326 e. The number of aromatic nitrogens is 4. The third kappa shape index (κ3) is 6.09. The second kappa shape index (κ2) is 14.9. The molecule has 6 aromatic rings. The van der Waals surface area contributed by atoms with E-state index in [9.17, 15) is 0 Å². The van der Waals surface area contributed by atoms with Gasteiger partial charge in [0.25, 0.3) is 0 Å². The number of hydrogen-bond acceptors (Lipinski definition) is 8. The Hall–Kier alpha value is -6.02. The minimum absolute atomic E-state index is 0.000981. The third-order valence-corrected chi connectivity index (χ3v) is 14.0. The Morgan fingerprint density at radius 2 is 1.32 bits per heavy atom. The Morgan fingerprint density at radius 3 is 1.97 bits per heavy atom. The fourth-order valence-electron chi connectivity index (χ4n) is 10.1. The summed E-state index contributed by atoms with van der Waals surface area (Å²) in [6.07, 6.45) is 7.59. The first-order chi connectivity index (χ1) is 28.9. The number of allylic oxidation sites excluding steroid dienone is 2. The van der Waals surface area contributed by atoms with Gasteiger partial charge in [-0.2, -0.15) is 0 Å². The van der Waals surface area contributed by atoms with Gasteiger partial charge in [-0.1, -0.05) is 122 Å². The highest BCUT2D eigenvalue weighted by Crippen LogP contribution is 2.57. The van der Waals surface area contributed by atoms with Gasteiger partial charge in [-0.05, 0) is 96.5 Å². The van der Waals surface area contributed by atoms with Gasteiger partial charge in [0.2, 0.25) is 0 Å². The monoisotopic (exact) mass is 794 g/mol. The van der Waals surface area contributed by atoms with Crippen LogP contribution in [0.2, 0.25) is 0 Å². The SMILES string of the molecule is C=CC(C)C(C)C(C)N1c2nc3ccccc3nc2N2c3ccc(C(C)(C)C)cc3C(CC)(CC)CC(=C)c3ccccc3N3c4nccnc4N(c4ccccc4)C3C21. The van der Waals surface area contributed by atoms with Gasteiger partial charge in [0.05, 0.1) is 16.7 Å². The molecular formula is C52H58N8. The van der Waals surface area contributed by atoms with E-state index in [0.717, 1.165) is 81.8 Å². The van der Waals surface area contributed by atoms with E-state index in [-0.39, 0.29) is 34.9 Å². The molecule has 60 heavy (non-hydrogen) atoms. The van der Waals surface area contributed by atoms with Crippen LogP contribution in [-0.2, 0) is 10.8 Å². The molecule has 0 saturated carbocycles. The molecule has 9 rings (SSSR count). The Labute approximate surface area is 356 Å². The third-order valence-electron chi connectivity index (χ3n) is 14.0. The van der Waals surface area contributed by atoms with Crippen molar-refractivity contribution in [1.29, 1.82) is 0 Å². The molecule has 2 aromatic heterocycles. The Morgan fingerprint density at radius 1 is 0.717 bits per heavy atom. The summed E-state index contributed by atoms with van der Waals surface area (Å²) in [5, 5.41) is 0. The number of rotatable bonds is 7. The van der Waals surface area contributed by atoms with Gasteiger partial charge in [-0.25, -0.2) is 19.9 Å². The lowest BCUT2D eigenvalue weighted by atomic mass is 9.68. The van der Waals surface area contributed by atoms with Crippen LogP contribution >= 0.6 is 0 Å². The van der Waals surface area contributed by atoms with E-state index in [4.69, 9.17) is 26.5 Å². The maximum Gasteiger partial charge on any atom is 0.179 e. The van der Waals surface area contributed by atoms with Crippen molar-refractivity contribution in [3.05, 3.63) is 145 Å². The highest BCUT2D eigenvalue weighted by Gasteiger charge is 2.56. The molecule has 8 nitrogen and oxygen atoms in total. The van der Waals surface area contributed by atoms with Crippen LogP contribution in [-0.4, -0.2) is 38.3 Å². The Balaban J connectivity index is 1.47. The van der Waals surface area contributed by atoms with E-state index in [2.05, 4.69) is 185 Å². The number of benzene rings is 4. The summed E-state index contributed by atoms with van der Waals surface area (Å²) in [5.41, 5.74) is 9.50. The van der Waals surface area contributed by atoms with Crippen LogP contribution in [0.5, 0.6) is 0 Å². The lowest BCUT2D eigenvalue weighted by molar-refractivity contribution is 0.344. The van der Waals surface area contributed by atoms with Gasteiger partial charge in [0, 0.05) is 40.8 Å². The van der Waals surface area contributed by atoms with Crippen molar-refractivity contribution in [1.82, 2.24) is 19.9 Å². The van der Waals surface area contributed by atoms with Crippen LogP contribution in [0.4, 0.5) is 40.3 Å². The molecule has 0 bridgehead atoms. The summed E-state index contributed by atoms with van der Waals surface area (Å²) in [6.45, 7) is 27.9. The second-order valence-corrected chi connectivity index (χ2v) is 18.2. The van der Waals surface area contributed by atoms with E-state index in [1.54, 1.807) is 0 Å². The van der Waals surface area contributed by atoms with Crippen LogP contribution in [0.15, 0.2) is 129 Å². The van der Waals surface area contributed by atoms with Crippen molar-refractivity contribution in [2.45, 2.75) is 104 Å². The fourth-order valence-corrected chi connectivity index (χ4v) is 10.1. The van der Waals surface area contributed by atoms with E-state index in [0.29, 0.717) is 0 Å². The smallest absolute Gasteiger partial charge is 0.179 e. The molecule has 5 heterocycles. The first-order valence-electron chi connectivity index (χ1n) is 21.8. The maximum atomic E-state index is 5.65. The zero-order valence-corrected chi connectivity index (χ0v) is 36.5. The lowest BCUT2D eigenvalue weighted by Gasteiger charge is -2.47. The standard InChI is InChI=1S/C52H58N8/c1-11-33(4)35(6)36(7)57-47-48(56-42-25-19-18-24-41(42)55-47)60-44-28-27-37(51(8,9)10)31-40(44)52(12-2,13-3)32-34(5)39-23-17-20-26-43(39)59-46-45(53-29-30-54-46)58(50(59)49(57)60)38-21-15-14-16-22-38/h11,14-31,33,35-36,49-50H,1,5,12-13,32H2,2-4,6-10H3. The highest BCUT2D eigenvalue weighted by atomic mass is 15.6. The minimum atomic E-state index is -0.405. The van der Waals surface area contributed by atoms with Crippen molar-refractivity contribution in [3.63, 3.8) is 0 Å². The molecule has 0 amide bonds. The highest BCUT2D eigenvalue weighted by molar-refractivity contribution is 5.93. The zero-order chi connectivity index (χ0) is 42.1. The molecule has 5 atom stereocenters. The molecule has 4 aromatic carbocycles. The Bertz CT molecular complexity index is 2590. The number of hydrogen-bond donors (Lipinski definition) is 0. The predicted molar refractivity (Wildman–Crippen MR) is 250 cm³/mol. The molecule has 0 radical (unpaired) electrons.